The minimum atomic E-state index is -3.85. The molecule has 1 rings (SSSR count). The molecule has 0 saturated carbocycles. The molecule has 0 bridgehead atoms. The van der Waals surface area contributed by atoms with Crippen molar-refractivity contribution in [3.05, 3.63) is 29.6 Å². The number of aliphatic hydroxyl groups is 1. The molecule has 0 radical (unpaired) electrons. The number of hydrogen-bond acceptors (Lipinski definition) is 3. The molecule has 1 unspecified atom stereocenters. The van der Waals surface area contributed by atoms with E-state index in [1.165, 1.54) is 12.1 Å². The van der Waals surface area contributed by atoms with Crippen molar-refractivity contribution in [2.24, 2.45) is 0 Å². The number of rotatable bonds is 6. The third-order valence-electron chi connectivity index (χ3n) is 2.62. The van der Waals surface area contributed by atoms with Gasteiger partial charge in [-0.1, -0.05) is 13.0 Å². The van der Waals surface area contributed by atoms with E-state index in [2.05, 4.69) is 4.72 Å². The van der Waals surface area contributed by atoms with E-state index in [0.717, 1.165) is 0 Å². The maximum Gasteiger partial charge on any atom is 0.243 e. The molecule has 4 nitrogen and oxygen atoms in total. The standard InChI is InChI=1S/C12H18FNO3S/c1-3-10(15)6-7-14-18(16,17)12-5-4-9(2)8-11(12)13/h4-5,8,10,14-15H,3,6-7H2,1-2H3. The van der Waals surface area contributed by atoms with Gasteiger partial charge in [0, 0.05) is 6.54 Å². The number of sulfonamides is 1. The SMILES string of the molecule is CCC(O)CCNS(=O)(=O)c1ccc(C)cc1F. The Kier molecular flexibility index (Phi) is 5.25. The lowest BCUT2D eigenvalue weighted by Gasteiger charge is -2.10. The van der Waals surface area contributed by atoms with Crippen LogP contribution in [0.2, 0.25) is 0 Å². The summed E-state index contributed by atoms with van der Waals surface area (Å²) in [5.41, 5.74) is 0.660. The summed E-state index contributed by atoms with van der Waals surface area (Å²) < 4.78 is 39.4. The Hall–Kier alpha value is -0.980. The van der Waals surface area contributed by atoms with Gasteiger partial charge in [0.2, 0.25) is 10.0 Å². The van der Waals surface area contributed by atoms with Crippen molar-refractivity contribution in [3.8, 4) is 0 Å². The second kappa shape index (κ2) is 6.26. The van der Waals surface area contributed by atoms with Crippen molar-refractivity contribution in [3.63, 3.8) is 0 Å². The van der Waals surface area contributed by atoms with Gasteiger partial charge in [0.15, 0.2) is 0 Å². The highest BCUT2D eigenvalue weighted by Crippen LogP contribution is 2.15. The molecule has 0 amide bonds. The van der Waals surface area contributed by atoms with E-state index in [1.54, 1.807) is 19.9 Å². The molecule has 6 heteroatoms. The molecule has 1 aromatic carbocycles. The zero-order valence-corrected chi connectivity index (χ0v) is 11.3. The van der Waals surface area contributed by atoms with E-state index in [9.17, 15) is 17.9 Å². The zero-order chi connectivity index (χ0) is 13.8. The lowest BCUT2D eigenvalue weighted by Crippen LogP contribution is -2.28. The molecule has 1 atom stereocenters. The fourth-order valence-electron chi connectivity index (χ4n) is 1.47. The van der Waals surface area contributed by atoms with E-state index in [4.69, 9.17) is 0 Å². The summed E-state index contributed by atoms with van der Waals surface area (Å²) >= 11 is 0. The van der Waals surface area contributed by atoms with Gasteiger partial charge < -0.3 is 5.11 Å². The molecule has 0 saturated heterocycles. The van der Waals surface area contributed by atoms with Crippen LogP contribution in [0.25, 0.3) is 0 Å². The monoisotopic (exact) mass is 275 g/mol. The van der Waals surface area contributed by atoms with Crippen LogP contribution in [-0.4, -0.2) is 26.2 Å². The average molecular weight is 275 g/mol. The maximum atomic E-state index is 13.5. The fraction of sp³-hybridized carbons (Fsp3) is 0.500. The van der Waals surface area contributed by atoms with Gasteiger partial charge in [-0.15, -0.1) is 0 Å². The number of aryl methyl sites for hydroxylation is 1. The Morgan fingerprint density at radius 2 is 2.11 bits per heavy atom. The number of halogens is 1. The average Bonchev–Trinajstić information content (AvgIpc) is 2.27. The molecule has 0 aliphatic carbocycles. The normalized spacial score (nSPS) is 13.6. The van der Waals surface area contributed by atoms with Crippen LogP contribution in [0.15, 0.2) is 23.1 Å². The predicted molar refractivity (Wildman–Crippen MR) is 67.2 cm³/mol. The van der Waals surface area contributed by atoms with Crippen molar-refractivity contribution < 1.29 is 17.9 Å². The highest BCUT2D eigenvalue weighted by atomic mass is 32.2. The number of aliphatic hydroxyl groups excluding tert-OH is 1. The second-order valence-electron chi connectivity index (χ2n) is 4.18. The number of hydrogen-bond donors (Lipinski definition) is 2. The van der Waals surface area contributed by atoms with Gasteiger partial charge in [-0.2, -0.15) is 0 Å². The lowest BCUT2D eigenvalue weighted by atomic mass is 10.2. The van der Waals surface area contributed by atoms with Gasteiger partial charge in [-0.3, -0.25) is 0 Å². The summed E-state index contributed by atoms with van der Waals surface area (Å²) in [6, 6.07) is 3.96. The smallest absolute Gasteiger partial charge is 0.243 e. The Balaban J connectivity index is 2.74. The van der Waals surface area contributed by atoms with E-state index in [0.29, 0.717) is 18.4 Å². The molecule has 0 aliphatic rings. The molecule has 2 N–H and O–H groups in total. The van der Waals surface area contributed by atoms with Gasteiger partial charge >= 0.3 is 0 Å². The predicted octanol–water partition coefficient (Wildman–Crippen LogP) is 1.57. The molecular formula is C12H18FNO3S. The van der Waals surface area contributed by atoms with Crippen LogP contribution in [0.4, 0.5) is 4.39 Å². The Bertz CT molecular complexity index is 502. The Labute approximate surface area is 107 Å². The molecule has 0 fully saturated rings. The molecule has 0 spiro atoms. The molecule has 0 aliphatic heterocycles. The van der Waals surface area contributed by atoms with Gasteiger partial charge in [0.05, 0.1) is 6.10 Å². The van der Waals surface area contributed by atoms with Crippen molar-refractivity contribution in [1.82, 2.24) is 4.72 Å². The molecule has 1 aromatic rings. The topological polar surface area (TPSA) is 66.4 Å². The summed E-state index contributed by atoms with van der Waals surface area (Å²) in [4.78, 5) is -0.362. The van der Waals surface area contributed by atoms with E-state index >= 15 is 0 Å². The summed E-state index contributed by atoms with van der Waals surface area (Å²) in [7, 11) is -3.85. The first kappa shape index (κ1) is 15.1. The van der Waals surface area contributed by atoms with E-state index < -0.39 is 21.9 Å². The van der Waals surface area contributed by atoms with Crippen LogP contribution < -0.4 is 4.72 Å². The third-order valence-corrected chi connectivity index (χ3v) is 4.11. The fourth-order valence-corrected chi connectivity index (χ4v) is 2.57. The highest BCUT2D eigenvalue weighted by Gasteiger charge is 2.18. The first-order chi connectivity index (χ1) is 8.36. The second-order valence-corrected chi connectivity index (χ2v) is 5.92. The van der Waals surface area contributed by atoms with Crippen LogP contribution >= 0.6 is 0 Å². The summed E-state index contributed by atoms with van der Waals surface area (Å²) in [6.07, 6.45) is 0.319. The maximum absolute atomic E-state index is 13.5. The molecule has 0 aromatic heterocycles. The van der Waals surface area contributed by atoms with E-state index in [-0.39, 0.29) is 11.4 Å². The van der Waals surface area contributed by atoms with Gasteiger partial charge in [-0.25, -0.2) is 17.5 Å². The van der Waals surface area contributed by atoms with Crippen molar-refractivity contribution in [1.29, 1.82) is 0 Å². The first-order valence-corrected chi connectivity index (χ1v) is 7.29. The van der Waals surface area contributed by atoms with Crippen LogP contribution in [-0.2, 0) is 10.0 Å². The van der Waals surface area contributed by atoms with Crippen molar-refractivity contribution in [2.75, 3.05) is 6.54 Å². The molecular weight excluding hydrogens is 257 g/mol. The van der Waals surface area contributed by atoms with Crippen LogP contribution in [0, 0.1) is 12.7 Å². The van der Waals surface area contributed by atoms with Crippen molar-refractivity contribution in [2.45, 2.75) is 37.7 Å². The zero-order valence-electron chi connectivity index (χ0n) is 10.5. The Morgan fingerprint density at radius 1 is 1.44 bits per heavy atom. The highest BCUT2D eigenvalue weighted by molar-refractivity contribution is 7.89. The van der Waals surface area contributed by atoms with Gasteiger partial charge in [0.25, 0.3) is 0 Å². The van der Waals surface area contributed by atoms with Crippen LogP contribution in [0.3, 0.4) is 0 Å². The van der Waals surface area contributed by atoms with Gasteiger partial charge in [0.1, 0.15) is 10.7 Å². The quantitative estimate of drug-likeness (QED) is 0.828. The van der Waals surface area contributed by atoms with E-state index in [1.807, 2.05) is 0 Å². The first-order valence-electron chi connectivity index (χ1n) is 5.80. The molecule has 102 valence electrons. The molecule has 18 heavy (non-hydrogen) atoms. The van der Waals surface area contributed by atoms with Crippen LogP contribution in [0.1, 0.15) is 25.3 Å². The Morgan fingerprint density at radius 3 is 2.67 bits per heavy atom. The number of benzene rings is 1. The minimum absolute atomic E-state index is 0.0880. The largest absolute Gasteiger partial charge is 0.393 e. The van der Waals surface area contributed by atoms with Crippen molar-refractivity contribution >= 4 is 10.0 Å². The lowest BCUT2D eigenvalue weighted by molar-refractivity contribution is 0.162. The van der Waals surface area contributed by atoms with Crippen LogP contribution in [0.5, 0.6) is 0 Å². The minimum Gasteiger partial charge on any atom is -0.393 e. The third kappa shape index (κ3) is 4.04. The molecule has 0 heterocycles. The summed E-state index contributed by atoms with van der Waals surface area (Å²) in [6.45, 7) is 3.58. The summed E-state index contributed by atoms with van der Waals surface area (Å²) in [5, 5.41) is 9.31. The number of nitrogens with one attached hydrogen (secondary N) is 1. The summed E-state index contributed by atoms with van der Waals surface area (Å²) in [5.74, 6) is -0.765. The van der Waals surface area contributed by atoms with Gasteiger partial charge in [-0.05, 0) is 37.5 Å².